The molecule has 21 heavy (non-hydrogen) atoms. The van der Waals surface area contributed by atoms with Crippen LogP contribution in [-0.2, 0) is 0 Å². The molecule has 1 heterocycles. The van der Waals surface area contributed by atoms with Crippen LogP contribution >= 0.6 is 31.9 Å². The number of carbonyl (C=O) groups excluding carboxylic acids is 1. The number of benzene rings is 2. The predicted octanol–water partition coefficient (Wildman–Crippen LogP) is 4.07. The molecule has 0 saturated carbocycles. The van der Waals surface area contributed by atoms with Crippen molar-refractivity contribution in [2.24, 2.45) is 0 Å². The third-order valence-corrected chi connectivity index (χ3v) is 4.35. The molecule has 108 valence electrons. The van der Waals surface area contributed by atoms with E-state index in [0.717, 1.165) is 20.2 Å². The Kier molecular flexibility index (Phi) is 3.91. The monoisotopic (exact) mass is 410 g/mol. The van der Waals surface area contributed by atoms with Crippen molar-refractivity contribution >= 4 is 43.5 Å². The highest BCUT2D eigenvalue weighted by atomic mass is 79.9. The lowest BCUT2D eigenvalue weighted by atomic mass is 10.1. The molecule has 0 aliphatic carbocycles. The van der Waals surface area contributed by atoms with E-state index in [1.165, 1.54) is 0 Å². The van der Waals surface area contributed by atoms with E-state index in [1.54, 1.807) is 13.2 Å². The lowest BCUT2D eigenvalue weighted by Crippen LogP contribution is -2.38. The molecule has 0 fully saturated rings. The quantitative estimate of drug-likeness (QED) is 0.782. The highest BCUT2D eigenvalue weighted by molar-refractivity contribution is 9.11. The number of nitrogens with one attached hydrogen (secondary N) is 2. The van der Waals surface area contributed by atoms with Gasteiger partial charge in [-0.05, 0) is 40.2 Å². The summed E-state index contributed by atoms with van der Waals surface area (Å²) in [4.78, 5) is 12.2. The Balaban J connectivity index is 2.06. The molecule has 2 aromatic carbocycles. The summed E-state index contributed by atoms with van der Waals surface area (Å²) < 4.78 is 7.17. The van der Waals surface area contributed by atoms with E-state index in [4.69, 9.17) is 4.74 Å². The normalized spacial score (nSPS) is 16.7. The first-order chi connectivity index (χ1) is 10.1. The summed E-state index contributed by atoms with van der Waals surface area (Å²) in [6, 6.07) is 11.3. The van der Waals surface area contributed by atoms with Crippen molar-refractivity contribution in [3.05, 3.63) is 56.5 Å². The van der Waals surface area contributed by atoms with Crippen LogP contribution in [-0.4, -0.2) is 13.0 Å². The smallest absolute Gasteiger partial charge is 0.255 e. The maximum absolute atomic E-state index is 12.2. The summed E-state index contributed by atoms with van der Waals surface area (Å²) in [6.45, 7) is 0. The number of halogens is 2. The van der Waals surface area contributed by atoms with Crippen molar-refractivity contribution in [1.82, 2.24) is 5.32 Å². The second kappa shape index (κ2) is 5.69. The van der Waals surface area contributed by atoms with Crippen LogP contribution < -0.4 is 15.4 Å². The second-order valence-electron chi connectivity index (χ2n) is 4.61. The van der Waals surface area contributed by atoms with E-state index in [-0.39, 0.29) is 12.1 Å². The van der Waals surface area contributed by atoms with Gasteiger partial charge >= 0.3 is 0 Å². The molecule has 0 saturated heterocycles. The van der Waals surface area contributed by atoms with E-state index in [9.17, 15) is 4.79 Å². The zero-order valence-electron chi connectivity index (χ0n) is 11.1. The van der Waals surface area contributed by atoms with E-state index < -0.39 is 0 Å². The Bertz CT molecular complexity index is 719. The molecule has 1 aliphatic heterocycles. The minimum Gasteiger partial charge on any atom is -0.495 e. The van der Waals surface area contributed by atoms with Crippen molar-refractivity contribution < 1.29 is 9.53 Å². The van der Waals surface area contributed by atoms with Gasteiger partial charge in [-0.3, -0.25) is 4.79 Å². The topological polar surface area (TPSA) is 50.4 Å². The van der Waals surface area contributed by atoms with E-state index >= 15 is 0 Å². The number of ether oxygens (including phenoxy) is 1. The van der Waals surface area contributed by atoms with Gasteiger partial charge in [0.15, 0.2) is 0 Å². The first-order valence-corrected chi connectivity index (χ1v) is 7.88. The average molecular weight is 412 g/mol. The minimum absolute atomic E-state index is 0.104. The van der Waals surface area contributed by atoms with Crippen LogP contribution in [0.1, 0.15) is 22.1 Å². The lowest BCUT2D eigenvalue weighted by molar-refractivity contribution is 0.0935. The molecule has 2 N–H and O–H groups in total. The maximum atomic E-state index is 12.2. The summed E-state index contributed by atoms with van der Waals surface area (Å²) in [7, 11) is 1.61. The Morgan fingerprint density at radius 3 is 2.67 bits per heavy atom. The Morgan fingerprint density at radius 1 is 1.14 bits per heavy atom. The Hall–Kier alpha value is -1.53. The molecular weight excluding hydrogens is 400 g/mol. The Morgan fingerprint density at radius 2 is 1.90 bits per heavy atom. The minimum atomic E-state index is -0.351. The summed E-state index contributed by atoms with van der Waals surface area (Å²) >= 11 is 6.94. The number of hydrogen-bond acceptors (Lipinski definition) is 3. The molecule has 1 atom stereocenters. The summed E-state index contributed by atoms with van der Waals surface area (Å²) in [5, 5.41) is 6.27. The molecular formula is C15H12Br2N2O2. The highest BCUT2D eigenvalue weighted by Crippen LogP contribution is 2.38. The molecule has 0 unspecified atom stereocenters. The van der Waals surface area contributed by atoms with E-state index in [2.05, 4.69) is 42.5 Å². The summed E-state index contributed by atoms with van der Waals surface area (Å²) in [6.07, 6.45) is -0.351. The van der Waals surface area contributed by atoms with Crippen LogP contribution in [0.2, 0.25) is 0 Å². The standard InChI is InChI=1S/C15H12Br2N2O2/c1-21-13-10(6-8(16)7-11(13)17)14-18-12-5-3-2-4-9(12)15(20)19-14/h2-7,14,18H,1H3,(H,19,20)/t14-/m0/s1. The number of amides is 1. The lowest BCUT2D eigenvalue weighted by Gasteiger charge is -2.29. The van der Waals surface area contributed by atoms with Crippen LogP contribution in [0.15, 0.2) is 45.3 Å². The zero-order chi connectivity index (χ0) is 15.0. The fraction of sp³-hybridized carbons (Fsp3) is 0.133. The van der Waals surface area contributed by atoms with E-state index in [0.29, 0.717) is 11.3 Å². The van der Waals surface area contributed by atoms with Crippen LogP contribution in [0, 0.1) is 0 Å². The number of fused-ring (bicyclic) bond motifs is 1. The molecule has 1 aliphatic rings. The molecule has 6 heteroatoms. The molecule has 0 radical (unpaired) electrons. The second-order valence-corrected chi connectivity index (χ2v) is 6.38. The van der Waals surface area contributed by atoms with E-state index in [1.807, 2.05) is 30.3 Å². The highest BCUT2D eigenvalue weighted by Gasteiger charge is 2.27. The first kappa shape index (κ1) is 14.4. The maximum Gasteiger partial charge on any atom is 0.255 e. The van der Waals surface area contributed by atoms with Crippen molar-refractivity contribution in [2.45, 2.75) is 6.17 Å². The van der Waals surface area contributed by atoms with Crippen LogP contribution in [0.5, 0.6) is 5.75 Å². The molecule has 2 aromatic rings. The van der Waals surface area contributed by atoms with Crippen molar-refractivity contribution in [3.8, 4) is 5.75 Å². The third kappa shape index (κ3) is 2.65. The number of methoxy groups -OCH3 is 1. The van der Waals surface area contributed by atoms with Crippen molar-refractivity contribution in [3.63, 3.8) is 0 Å². The zero-order valence-corrected chi connectivity index (χ0v) is 14.3. The van der Waals surface area contributed by atoms with Crippen LogP contribution in [0.4, 0.5) is 5.69 Å². The summed E-state index contributed by atoms with van der Waals surface area (Å²) in [5.74, 6) is 0.586. The van der Waals surface area contributed by atoms with Gasteiger partial charge in [0, 0.05) is 15.7 Å². The summed E-state index contributed by atoms with van der Waals surface area (Å²) in [5.41, 5.74) is 2.30. The van der Waals surface area contributed by atoms with Gasteiger partial charge in [0.2, 0.25) is 0 Å². The van der Waals surface area contributed by atoms with Crippen molar-refractivity contribution in [2.75, 3.05) is 12.4 Å². The molecule has 0 bridgehead atoms. The van der Waals surface area contributed by atoms with Gasteiger partial charge in [-0.2, -0.15) is 0 Å². The average Bonchev–Trinajstić information content (AvgIpc) is 2.46. The largest absolute Gasteiger partial charge is 0.495 e. The Labute approximate surface area is 139 Å². The molecule has 4 nitrogen and oxygen atoms in total. The van der Waals surface area contributed by atoms with Crippen LogP contribution in [0.25, 0.3) is 0 Å². The number of carbonyl (C=O) groups is 1. The molecule has 0 spiro atoms. The number of rotatable bonds is 2. The molecule has 1 amide bonds. The number of para-hydroxylation sites is 1. The van der Waals surface area contributed by atoms with Crippen molar-refractivity contribution in [1.29, 1.82) is 0 Å². The van der Waals surface area contributed by atoms with Gasteiger partial charge in [0.05, 0.1) is 17.1 Å². The molecule has 3 rings (SSSR count). The third-order valence-electron chi connectivity index (χ3n) is 3.30. The van der Waals surface area contributed by atoms with Gasteiger partial charge < -0.3 is 15.4 Å². The SMILES string of the molecule is COc1c(Br)cc(Br)cc1[C@@H]1NC(=O)c2ccccc2N1. The molecule has 0 aromatic heterocycles. The predicted molar refractivity (Wildman–Crippen MR) is 88.7 cm³/mol. The number of hydrogen-bond donors (Lipinski definition) is 2. The van der Waals surface area contributed by atoms with Gasteiger partial charge in [-0.25, -0.2) is 0 Å². The number of anilines is 1. The van der Waals surface area contributed by atoms with Crippen LogP contribution in [0.3, 0.4) is 0 Å². The van der Waals surface area contributed by atoms with Gasteiger partial charge in [-0.1, -0.05) is 28.1 Å². The van der Waals surface area contributed by atoms with Gasteiger partial charge in [0.25, 0.3) is 5.91 Å². The van der Waals surface area contributed by atoms with Gasteiger partial charge in [-0.15, -0.1) is 0 Å². The fourth-order valence-corrected chi connectivity index (χ4v) is 3.79. The van der Waals surface area contributed by atoms with Gasteiger partial charge in [0.1, 0.15) is 11.9 Å². The fourth-order valence-electron chi connectivity index (χ4n) is 2.37. The first-order valence-electron chi connectivity index (χ1n) is 6.29.